The minimum atomic E-state index is 0.428. The molecule has 0 unspecified atom stereocenters. The van der Waals surface area contributed by atoms with Gasteiger partial charge in [-0.3, -0.25) is 0 Å². The smallest absolute Gasteiger partial charge is 0.250 e. The summed E-state index contributed by atoms with van der Waals surface area (Å²) in [6.07, 6.45) is 8.72. The van der Waals surface area contributed by atoms with Crippen molar-refractivity contribution in [3.63, 3.8) is 0 Å². The molecule has 0 amide bonds. The minimum absolute atomic E-state index is 0.428. The van der Waals surface area contributed by atoms with Crippen molar-refractivity contribution in [2.45, 2.75) is 38.5 Å². The van der Waals surface area contributed by atoms with Crippen LogP contribution in [0.25, 0.3) is 11.3 Å². The highest BCUT2D eigenvalue weighted by Crippen LogP contribution is 2.34. The van der Waals surface area contributed by atoms with E-state index in [1.165, 1.54) is 12.8 Å². The zero-order valence-electron chi connectivity index (χ0n) is 18.9. The summed E-state index contributed by atoms with van der Waals surface area (Å²) in [6, 6.07) is 9.10. The predicted molar refractivity (Wildman–Crippen MR) is 137 cm³/mol. The number of anilines is 3. The molecule has 2 aliphatic heterocycles. The van der Waals surface area contributed by atoms with E-state index in [1.807, 2.05) is 24.3 Å². The summed E-state index contributed by atoms with van der Waals surface area (Å²) in [5.41, 5.74) is 3.70. The molecule has 178 valence electrons. The van der Waals surface area contributed by atoms with E-state index < -0.39 is 0 Å². The fourth-order valence-corrected chi connectivity index (χ4v) is 4.68. The van der Waals surface area contributed by atoms with Crippen molar-refractivity contribution in [3.8, 4) is 11.3 Å². The SMILES string of the molecule is Clc1cccc(-c2ccc(C=NNc3nc(N4CCCCC4)nc(N4CCCCC4)n3)o2)c1Cl. The third-order valence-electron chi connectivity index (χ3n) is 6.09. The Bertz CT molecular complexity index is 1120. The Balaban J connectivity index is 1.34. The van der Waals surface area contributed by atoms with Crippen LogP contribution in [-0.4, -0.2) is 47.3 Å². The van der Waals surface area contributed by atoms with Crippen LogP contribution in [0.15, 0.2) is 39.9 Å². The molecule has 10 heteroatoms. The van der Waals surface area contributed by atoms with Crippen LogP contribution in [0.3, 0.4) is 0 Å². The third kappa shape index (κ3) is 5.28. The molecule has 2 fully saturated rings. The molecule has 4 heterocycles. The second-order valence-electron chi connectivity index (χ2n) is 8.53. The molecule has 2 saturated heterocycles. The van der Waals surface area contributed by atoms with E-state index in [0.29, 0.717) is 39.4 Å². The van der Waals surface area contributed by atoms with Gasteiger partial charge in [0.05, 0.1) is 16.3 Å². The molecule has 3 aromatic rings. The maximum absolute atomic E-state index is 6.31. The van der Waals surface area contributed by atoms with Crippen LogP contribution in [-0.2, 0) is 0 Å². The van der Waals surface area contributed by atoms with Crippen molar-refractivity contribution in [3.05, 3.63) is 46.1 Å². The number of piperidine rings is 2. The van der Waals surface area contributed by atoms with Crippen LogP contribution in [0, 0.1) is 0 Å². The number of halogens is 2. The topological polar surface area (TPSA) is 82.7 Å². The first-order valence-electron chi connectivity index (χ1n) is 11.8. The lowest BCUT2D eigenvalue weighted by Gasteiger charge is -2.30. The Morgan fingerprint density at radius 1 is 0.824 bits per heavy atom. The van der Waals surface area contributed by atoms with Gasteiger partial charge in [-0.05, 0) is 62.8 Å². The predicted octanol–water partition coefficient (Wildman–Crippen LogP) is 5.87. The molecule has 0 saturated carbocycles. The van der Waals surface area contributed by atoms with Crippen LogP contribution in [0.1, 0.15) is 44.3 Å². The summed E-state index contributed by atoms with van der Waals surface area (Å²) in [5, 5.41) is 5.26. The molecule has 0 radical (unpaired) electrons. The zero-order valence-corrected chi connectivity index (χ0v) is 20.4. The molecular formula is C24H27Cl2N7O. The minimum Gasteiger partial charge on any atom is -0.455 e. The second-order valence-corrected chi connectivity index (χ2v) is 9.31. The van der Waals surface area contributed by atoms with Gasteiger partial charge in [-0.1, -0.05) is 29.3 Å². The molecule has 0 bridgehead atoms. The summed E-state index contributed by atoms with van der Waals surface area (Å²) in [6.45, 7) is 3.86. The lowest BCUT2D eigenvalue weighted by atomic mass is 10.1. The van der Waals surface area contributed by atoms with Gasteiger partial charge in [-0.2, -0.15) is 20.1 Å². The number of nitrogens with zero attached hydrogens (tertiary/aromatic N) is 6. The monoisotopic (exact) mass is 499 g/mol. The average molecular weight is 500 g/mol. The molecule has 8 nitrogen and oxygen atoms in total. The highest BCUT2D eigenvalue weighted by atomic mass is 35.5. The normalized spacial score (nSPS) is 16.9. The Hall–Kier alpha value is -2.84. The number of furan rings is 1. The summed E-state index contributed by atoms with van der Waals surface area (Å²) in [4.78, 5) is 18.6. The van der Waals surface area contributed by atoms with Crippen molar-refractivity contribution in [1.29, 1.82) is 0 Å². The number of aromatic nitrogens is 3. The standard InChI is InChI=1S/C24H27Cl2N7O/c25-19-9-7-8-18(21(19)26)20-11-10-17(34-20)16-27-31-22-28-23(32-12-3-1-4-13-32)30-24(29-22)33-14-5-2-6-15-33/h7-11,16H,1-6,12-15H2,(H,28,29,30,31). The molecule has 34 heavy (non-hydrogen) atoms. The molecular weight excluding hydrogens is 473 g/mol. The fourth-order valence-electron chi connectivity index (χ4n) is 4.29. The first-order chi connectivity index (χ1) is 16.7. The van der Waals surface area contributed by atoms with Gasteiger partial charge in [-0.25, -0.2) is 5.43 Å². The van der Waals surface area contributed by atoms with Gasteiger partial charge in [0.15, 0.2) is 0 Å². The summed E-state index contributed by atoms with van der Waals surface area (Å²) in [7, 11) is 0. The van der Waals surface area contributed by atoms with E-state index in [0.717, 1.165) is 57.4 Å². The first kappa shape index (κ1) is 22.9. The lowest BCUT2D eigenvalue weighted by Crippen LogP contribution is -2.34. The maximum Gasteiger partial charge on any atom is 0.250 e. The number of benzene rings is 1. The van der Waals surface area contributed by atoms with Gasteiger partial charge < -0.3 is 14.2 Å². The van der Waals surface area contributed by atoms with E-state index in [1.54, 1.807) is 12.3 Å². The molecule has 0 spiro atoms. The largest absolute Gasteiger partial charge is 0.455 e. The number of hydrazone groups is 1. The molecule has 2 aromatic heterocycles. The van der Waals surface area contributed by atoms with Gasteiger partial charge in [0.25, 0.3) is 0 Å². The Labute approximate surface area is 209 Å². The number of hydrogen-bond acceptors (Lipinski definition) is 8. The van der Waals surface area contributed by atoms with Gasteiger partial charge in [0.2, 0.25) is 17.8 Å². The first-order valence-corrected chi connectivity index (χ1v) is 12.5. The van der Waals surface area contributed by atoms with Gasteiger partial charge >= 0.3 is 0 Å². The summed E-state index contributed by atoms with van der Waals surface area (Å²) < 4.78 is 5.88. The zero-order chi connectivity index (χ0) is 23.3. The van der Waals surface area contributed by atoms with E-state index in [9.17, 15) is 0 Å². The van der Waals surface area contributed by atoms with Gasteiger partial charge in [0, 0.05) is 31.7 Å². The van der Waals surface area contributed by atoms with Crippen LogP contribution < -0.4 is 15.2 Å². The summed E-state index contributed by atoms with van der Waals surface area (Å²) in [5.74, 6) is 3.04. The van der Waals surface area contributed by atoms with E-state index in [4.69, 9.17) is 32.6 Å². The van der Waals surface area contributed by atoms with Crippen LogP contribution >= 0.6 is 23.2 Å². The molecule has 0 atom stereocenters. The fraction of sp³-hybridized carbons (Fsp3) is 0.417. The summed E-state index contributed by atoms with van der Waals surface area (Å²) >= 11 is 12.4. The van der Waals surface area contributed by atoms with Crippen LogP contribution in [0.2, 0.25) is 10.0 Å². The molecule has 1 aromatic carbocycles. The number of nitrogens with one attached hydrogen (secondary N) is 1. The molecule has 0 aliphatic carbocycles. The number of hydrogen-bond donors (Lipinski definition) is 1. The second kappa shape index (κ2) is 10.6. The molecule has 2 aliphatic rings. The highest BCUT2D eigenvalue weighted by molar-refractivity contribution is 6.43. The lowest BCUT2D eigenvalue weighted by molar-refractivity contribution is 0.556. The highest BCUT2D eigenvalue weighted by Gasteiger charge is 2.20. The molecule has 1 N–H and O–H groups in total. The van der Waals surface area contributed by atoms with E-state index >= 15 is 0 Å². The average Bonchev–Trinajstić information content (AvgIpc) is 3.35. The molecule has 5 rings (SSSR count). The van der Waals surface area contributed by atoms with Gasteiger partial charge in [0.1, 0.15) is 11.5 Å². The quantitative estimate of drug-likeness (QED) is 0.335. The van der Waals surface area contributed by atoms with Gasteiger partial charge in [-0.15, -0.1) is 0 Å². The van der Waals surface area contributed by atoms with Crippen molar-refractivity contribution >= 4 is 47.3 Å². The van der Waals surface area contributed by atoms with Crippen molar-refractivity contribution in [2.24, 2.45) is 5.10 Å². The Morgan fingerprint density at radius 2 is 1.47 bits per heavy atom. The van der Waals surface area contributed by atoms with E-state index in [-0.39, 0.29) is 0 Å². The maximum atomic E-state index is 6.31. The van der Waals surface area contributed by atoms with Crippen molar-refractivity contribution in [1.82, 2.24) is 15.0 Å². The third-order valence-corrected chi connectivity index (χ3v) is 6.91. The number of rotatable bonds is 6. The van der Waals surface area contributed by atoms with Crippen molar-refractivity contribution < 1.29 is 4.42 Å². The van der Waals surface area contributed by atoms with Crippen LogP contribution in [0.4, 0.5) is 17.8 Å². The van der Waals surface area contributed by atoms with E-state index in [2.05, 4.69) is 30.3 Å². The Kier molecular flexibility index (Phi) is 7.16. The van der Waals surface area contributed by atoms with Crippen molar-refractivity contribution in [2.75, 3.05) is 41.4 Å². The van der Waals surface area contributed by atoms with Crippen LogP contribution in [0.5, 0.6) is 0 Å². The Morgan fingerprint density at radius 3 is 2.12 bits per heavy atom.